The smallest absolute Gasteiger partial charge is 0.160 e. The van der Waals surface area contributed by atoms with E-state index in [0.29, 0.717) is 5.82 Å². The number of aromatic nitrogens is 3. The standard InChI is InChI=1S/C59H35N3O2/c1-3-16-36(17-4-1)57-47-34-53-56(46-26-9-12-31-52(46)63-53)54(55(47)45-25-7-10-29-48(45)60-57)41-23-14-22-40(33-41)50-35-49(61-59(62-50)37-18-5-2-6-19-37)39-21-13-20-38(32-39)42-27-15-28-44-43-24-8-11-30-51(43)64-58(42)44/h1-35H. The van der Waals surface area contributed by atoms with E-state index in [2.05, 4.69) is 164 Å². The van der Waals surface area contributed by atoms with Gasteiger partial charge in [0.15, 0.2) is 5.82 Å². The topological polar surface area (TPSA) is 65.0 Å². The highest BCUT2D eigenvalue weighted by Crippen LogP contribution is 2.47. The highest BCUT2D eigenvalue weighted by atomic mass is 16.3. The van der Waals surface area contributed by atoms with Crippen LogP contribution in [-0.4, -0.2) is 15.0 Å². The first-order valence-corrected chi connectivity index (χ1v) is 21.5. The fourth-order valence-electron chi connectivity index (χ4n) is 9.54. The van der Waals surface area contributed by atoms with Gasteiger partial charge in [0.2, 0.25) is 0 Å². The van der Waals surface area contributed by atoms with Gasteiger partial charge in [-0.3, -0.25) is 0 Å². The van der Waals surface area contributed by atoms with E-state index >= 15 is 0 Å². The highest BCUT2D eigenvalue weighted by Gasteiger charge is 2.23. The van der Waals surface area contributed by atoms with E-state index in [1.165, 1.54) is 0 Å². The number of furan rings is 2. The van der Waals surface area contributed by atoms with Crippen molar-refractivity contribution in [3.05, 3.63) is 212 Å². The molecule has 0 atom stereocenters. The molecule has 0 N–H and O–H groups in total. The zero-order valence-corrected chi connectivity index (χ0v) is 34.4. The summed E-state index contributed by atoms with van der Waals surface area (Å²) in [5.41, 5.74) is 15.1. The van der Waals surface area contributed by atoms with Crippen LogP contribution in [0.25, 0.3) is 133 Å². The van der Waals surface area contributed by atoms with Crippen molar-refractivity contribution in [2.24, 2.45) is 0 Å². The molecule has 4 heterocycles. The minimum atomic E-state index is 0.654. The summed E-state index contributed by atoms with van der Waals surface area (Å²) in [6.45, 7) is 0. The molecule has 0 unspecified atom stereocenters. The molecule has 0 aliphatic heterocycles. The number of fused-ring (bicyclic) bond motifs is 9. The van der Waals surface area contributed by atoms with E-state index in [1.54, 1.807) is 0 Å². The van der Waals surface area contributed by atoms with Crippen molar-refractivity contribution in [3.63, 3.8) is 0 Å². The lowest BCUT2D eigenvalue weighted by molar-refractivity contribution is 0.669. The number of hydrogen-bond acceptors (Lipinski definition) is 5. The Morgan fingerprint density at radius 3 is 1.64 bits per heavy atom. The molecule has 0 saturated carbocycles. The number of rotatable bonds is 6. The molecule has 5 heteroatoms. The van der Waals surface area contributed by atoms with Crippen LogP contribution in [0.3, 0.4) is 0 Å². The first-order chi connectivity index (χ1) is 31.7. The first kappa shape index (κ1) is 36.0. The predicted octanol–water partition coefficient (Wildman–Crippen LogP) is 16.0. The maximum absolute atomic E-state index is 6.70. The van der Waals surface area contributed by atoms with Crippen LogP contribution in [0, 0.1) is 0 Å². The van der Waals surface area contributed by atoms with Crippen molar-refractivity contribution in [1.82, 2.24) is 15.0 Å². The summed E-state index contributed by atoms with van der Waals surface area (Å²) >= 11 is 0. The normalized spacial score (nSPS) is 11.8. The second-order valence-electron chi connectivity index (χ2n) is 16.3. The molecule has 4 aromatic heterocycles. The summed E-state index contributed by atoms with van der Waals surface area (Å²) in [6, 6.07) is 73.7. The molecule has 0 saturated heterocycles. The Kier molecular flexibility index (Phi) is 8.15. The minimum absolute atomic E-state index is 0.654. The average Bonchev–Trinajstić information content (AvgIpc) is 3.94. The summed E-state index contributed by atoms with van der Waals surface area (Å²) in [4.78, 5) is 15.8. The lowest BCUT2D eigenvalue weighted by Gasteiger charge is -2.16. The molecule has 13 aromatic rings. The lowest BCUT2D eigenvalue weighted by Crippen LogP contribution is -1.96. The van der Waals surface area contributed by atoms with Gasteiger partial charge in [-0.2, -0.15) is 0 Å². The second-order valence-corrected chi connectivity index (χ2v) is 16.3. The van der Waals surface area contributed by atoms with E-state index in [1.807, 2.05) is 48.5 Å². The fraction of sp³-hybridized carbons (Fsp3) is 0. The Balaban J connectivity index is 1.04. The second kappa shape index (κ2) is 14.5. The van der Waals surface area contributed by atoms with Crippen molar-refractivity contribution >= 4 is 65.6 Å². The van der Waals surface area contributed by atoms with Crippen LogP contribution >= 0.6 is 0 Å². The number of nitrogens with zero attached hydrogens (tertiary/aromatic N) is 3. The monoisotopic (exact) mass is 817 g/mol. The van der Waals surface area contributed by atoms with Gasteiger partial charge in [0.25, 0.3) is 0 Å². The highest BCUT2D eigenvalue weighted by molar-refractivity contribution is 6.28. The van der Waals surface area contributed by atoms with Crippen molar-refractivity contribution in [3.8, 4) is 67.4 Å². The van der Waals surface area contributed by atoms with Gasteiger partial charge in [0.05, 0.1) is 22.6 Å². The number of benzene rings is 9. The van der Waals surface area contributed by atoms with Gasteiger partial charge < -0.3 is 8.83 Å². The lowest BCUT2D eigenvalue weighted by atomic mass is 9.89. The quantitative estimate of drug-likeness (QED) is 0.156. The summed E-state index contributed by atoms with van der Waals surface area (Å²) in [5.74, 6) is 0.654. The van der Waals surface area contributed by atoms with Crippen molar-refractivity contribution < 1.29 is 8.83 Å². The average molecular weight is 818 g/mol. The Morgan fingerprint density at radius 1 is 0.312 bits per heavy atom. The van der Waals surface area contributed by atoms with Crippen molar-refractivity contribution in [2.45, 2.75) is 0 Å². The molecule has 9 aromatic carbocycles. The molecule has 0 spiro atoms. The van der Waals surface area contributed by atoms with Crippen molar-refractivity contribution in [1.29, 1.82) is 0 Å². The Bertz CT molecular complexity index is 3960. The Labute approximate surface area is 367 Å². The van der Waals surface area contributed by atoms with Gasteiger partial charge in [0, 0.05) is 71.1 Å². The van der Waals surface area contributed by atoms with Crippen LogP contribution in [0.2, 0.25) is 0 Å². The molecule has 0 bridgehead atoms. The van der Waals surface area contributed by atoms with Gasteiger partial charge in [-0.25, -0.2) is 15.0 Å². The van der Waals surface area contributed by atoms with Gasteiger partial charge in [0.1, 0.15) is 22.3 Å². The van der Waals surface area contributed by atoms with Gasteiger partial charge >= 0.3 is 0 Å². The van der Waals surface area contributed by atoms with E-state index in [9.17, 15) is 0 Å². The minimum Gasteiger partial charge on any atom is -0.456 e. The molecule has 0 fully saturated rings. The van der Waals surface area contributed by atoms with E-state index < -0.39 is 0 Å². The number of para-hydroxylation sites is 4. The SMILES string of the molecule is c1ccc(-c2nc(-c3cccc(-c4cccc5c4oc4ccccc45)c3)cc(-c3cccc(-c4c5c(cc6c(-c7ccccc7)nc7ccccc7c46)oc4ccccc45)c3)n2)cc1. The summed E-state index contributed by atoms with van der Waals surface area (Å²) in [5, 5.41) is 7.59. The van der Waals surface area contributed by atoms with Gasteiger partial charge in [-0.1, -0.05) is 170 Å². The Morgan fingerprint density at radius 2 is 0.875 bits per heavy atom. The maximum Gasteiger partial charge on any atom is 0.160 e. The van der Waals surface area contributed by atoms with Gasteiger partial charge in [-0.05, 0) is 53.6 Å². The molecule has 0 aliphatic rings. The molecule has 0 aliphatic carbocycles. The third-order valence-electron chi connectivity index (χ3n) is 12.5. The summed E-state index contributed by atoms with van der Waals surface area (Å²) in [6.07, 6.45) is 0. The maximum atomic E-state index is 6.70. The first-order valence-electron chi connectivity index (χ1n) is 21.5. The molecule has 13 rings (SSSR count). The van der Waals surface area contributed by atoms with Crippen LogP contribution in [0.5, 0.6) is 0 Å². The fourth-order valence-corrected chi connectivity index (χ4v) is 9.54. The Hall–Kier alpha value is -8.67. The largest absolute Gasteiger partial charge is 0.456 e. The van der Waals surface area contributed by atoms with Crippen molar-refractivity contribution in [2.75, 3.05) is 0 Å². The zero-order chi connectivity index (χ0) is 42.1. The van der Waals surface area contributed by atoms with Crippen LogP contribution in [0.15, 0.2) is 221 Å². The zero-order valence-electron chi connectivity index (χ0n) is 34.4. The molecule has 0 amide bonds. The molecule has 298 valence electrons. The molecule has 5 nitrogen and oxygen atoms in total. The van der Waals surface area contributed by atoms with E-state index in [-0.39, 0.29) is 0 Å². The molecular formula is C59H35N3O2. The predicted molar refractivity (Wildman–Crippen MR) is 262 cm³/mol. The number of pyridine rings is 1. The van der Waals surface area contributed by atoms with E-state index in [0.717, 1.165) is 127 Å². The molecule has 0 radical (unpaired) electrons. The number of hydrogen-bond donors (Lipinski definition) is 0. The van der Waals surface area contributed by atoms with Crippen LogP contribution < -0.4 is 0 Å². The van der Waals surface area contributed by atoms with E-state index in [4.69, 9.17) is 23.8 Å². The van der Waals surface area contributed by atoms with Crippen LogP contribution in [0.4, 0.5) is 0 Å². The van der Waals surface area contributed by atoms with Crippen LogP contribution in [-0.2, 0) is 0 Å². The molecular weight excluding hydrogens is 783 g/mol. The summed E-state index contributed by atoms with van der Waals surface area (Å²) in [7, 11) is 0. The third kappa shape index (κ3) is 5.83. The third-order valence-corrected chi connectivity index (χ3v) is 12.5. The molecule has 64 heavy (non-hydrogen) atoms. The van der Waals surface area contributed by atoms with Gasteiger partial charge in [-0.15, -0.1) is 0 Å². The summed E-state index contributed by atoms with van der Waals surface area (Å²) < 4.78 is 13.2. The van der Waals surface area contributed by atoms with Crippen LogP contribution in [0.1, 0.15) is 0 Å².